The lowest BCUT2D eigenvalue weighted by molar-refractivity contribution is -0.152. The van der Waals surface area contributed by atoms with Crippen molar-refractivity contribution < 1.29 is 27.8 Å². The number of halogens is 2. The number of aryl methyl sites for hydroxylation is 1. The first-order valence-electron chi connectivity index (χ1n) is 11.4. The largest absolute Gasteiger partial charge is 0.488 e. The Bertz CT molecular complexity index is 1260. The lowest BCUT2D eigenvalue weighted by Gasteiger charge is -2.38. The van der Waals surface area contributed by atoms with Gasteiger partial charge in [-0.25, -0.2) is 0 Å². The fourth-order valence-electron chi connectivity index (χ4n) is 4.33. The number of aromatic nitrogens is 2. The summed E-state index contributed by atoms with van der Waals surface area (Å²) in [6.07, 6.45) is 4.73. The van der Waals surface area contributed by atoms with Crippen molar-refractivity contribution in [1.29, 1.82) is 0 Å². The van der Waals surface area contributed by atoms with Crippen LogP contribution in [0.3, 0.4) is 0 Å². The van der Waals surface area contributed by atoms with Gasteiger partial charge in [0.1, 0.15) is 18.0 Å². The van der Waals surface area contributed by atoms with E-state index in [2.05, 4.69) is 20.6 Å². The van der Waals surface area contributed by atoms with Crippen LogP contribution in [0.25, 0.3) is 11.3 Å². The number of anilines is 2. The van der Waals surface area contributed by atoms with E-state index in [1.807, 2.05) is 6.92 Å². The number of rotatable bonds is 8. The van der Waals surface area contributed by atoms with Crippen LogP contribution in [0.1, 0.15) is 35.0 Å². The van der Waals surface area contributed by atoms with Gasteiger partial charge in [-0.2, -0.15) is 8.78 Å². The second-order valence-electron chi connectivity index (χ2n) is 8.90. The molecular formula is C25H26F2N4O4. The third kappa shape index (κ3) is 4.53. The first kappa shape index (κ1) is 23.1. The van der Waals surface area contributed by atoms with Crippen molar-refractivity contribution in [1.82, 2.24) is 15.3 Å². The van der Waals surface area contributed by atoms with E-state index in [4.69, 9.17) is 14.2 Å². The molecule has 8 nitrogen and oxygen atoms in total. The van der Waals surface area contributed by atoms with E-state index in [0.29, 0.717) is 65.7 Å². The van der Waals surface area contributed by atoms with Gasteiger partial charge < -0.3 is 29.8 Å². The van der Waals surface area contributed by atoms with Crippen molar-refractivity contribution in [2.75, 3.05) is 25.1 Å². The SMILES string of the molecule is Cc1cccc(Nc2c(-c3ccncc3OCC3(C)CCO3)[nH]c3c2C(=O)NCC3)c1OC(F)F. The minimum atomic E-state index is -2.99. The van der Waals surface area contributed by atoms with E-state index < -0.39 is 6.61 Å². The van der Waals surface area contributed by atoms with Gasteiger partial charge in [0, 0.05) is 36.8 Å². The molecule has 2 aliphatic rings. The van der Waals surface area contributed by atoms with Crippen LogP contribution in [0.2, 0.25) is 0 Å². The molecule has 35 heavy (non-hydrogen) atoms. The number of H-pyrrole nitrogens is 1. The van der Waals surface area contributed by atoms with Crippen LogP contribution in [-0.4, -0.2) is 47.8 Å². The summed E-state index contributed by atoms with van der Waals surface area (Å²) in [5.74, 6) is 0.271. The number of hydrogen-bond donors (Lipinski definition) is 3. The van der Waals surface area contributed by atoms with Crippen LogP contribution in [0.4, 0.5) is 20.2 Å². The molecule has 1 unspecified atom stereocenters. The van der Waals surface area contributed by atoms with Crippen LogP contribution in [0.5, 0.6) is 11.5 Å². The molecule has 10 heteroatoms. The molecule has 0 radical (unpaired) electrons. The number of para-hydroxylation sites is 1. The van der Waals surface area contributed by atoms with Gasteiger partial charge in [0.25, 0.3) is 5.91 Å². The first-order chi connectivity index (χ1) is 16.8. The van der Waals surface area contributed by atoms with Gasteiger partial charge in [-0.3, -0.25) is 9.78 Å². The van der Waals surface area contributed by atoms with E-state index >= 15 is 0 Å². The second-order valence-corrected chi connectivity index (χ2v) is 8.90. The Balaban J connectivity index is 1.59. The van der Waals surface area contributed by atoms with E-state index in [9.17, 15) is 13.6 Å². The Hall–Kier alpha value is -3.66. The van der Waals surface area contributed by atoms with Crippen LogP contribution in [0.15, 0.2) is 36.7 Å². The van der Waals surface area contributed by atoms with Crippen LogP contribution < -0.4 is 20.1 Å². The Labute approximate surface area is 201 Å². The van der Waals surface area contributed by atoms with Gasteiger partial charge in [0.05, 0.1) is 35.4 Å². The highest BCUT2D eigenvalue weighted by atomic mass is 19.3. The number of aromatic amines is 1. The van der Waals surface area contributed by atoms with Gasteiger partial charge in [-0.05, 0) is 31.5 Å². The zero-order valence-electron chi connectivity index (χ0n) is 19.4. The van der Waals surface area contributed by atoms with Crippen LogP contribution in [-0.2, 0) is 11.2 Å². The zero-order chi connectivity index (χ0) is 24.6. The maximum atomic E-state index is 13.2. The van der Waals surface area contributed by atoms with E-state index in [1.54, 1.807) is 43.6 Å². The van der Waals surface area contributed by atoms with Crippen molar-refractivity contribution in [2.24, 2.45) is 0 Å². The maximum absolute atomic E-state index is 13.2. The molecule has 1 saturated heterocycles. The summed E-state index contributed by atoms with van der Waals surface area (Å²) in [5.41, 5.74) is 3.38. The number of benzene rings is 1. The van der Waals surface area contributed by atoms with Crippen molar-refractivity contribution in [3.8, 4) is 22.8 Å². The lowest BCUT2D eigenvalue weighted by Crippen LogP contribution is -2.45. The maximum Gasteiger partial charge on any atom is 0.387 e. The number of hydrogen-bond acceptors (Lipinski definition) is 6. The number of amides is 1. The molecule has 1 fully saturated rings. The van der Waals surface area contributed by atoms with Crippen molar-refractivity contribution in [3.63, 3.8) is 0 Å². The smallest absolute Gasteiger partial charge is 0.387 e. The van der Waals surface area contributed by atoms with Crippen LogP contribution in [0, 0.1) is 6.92 Å². The van der Waals surface area contributed by atoms with Crippen molar-refractivity contribution in [2.45, 2.75) is 38.9 Å². The molecule has 0 spiro atoms. The molecule has 0 bridgehead atoms. The molecule has 3 aromatic rings. The van der Waals surface area contributed by atoms with Gasteiger partial charge in [-0.15, -0.1) is 0 Å². The molecule has 5 rings (SSSR count). The molecule has 3 N–H and O–H groups in total. The standard InChI is InChI=1S/C25H26F2N4O4/c1-14-4-3-5-17(22(14)35-24(26)27)31-21-19-16(7-10-29-23(19)32)30-20(21)15-6-9-28-12-18(15)33-13-25(2)8-11-34-25/h3-6,9,12,24,30-31H,7-8,10-11,13H2,1-2H3,(H,29,32). The van der Waals surface area contributed by atoms with E-state index in [0.717, 1.165) is 12.1 Å². The summed E-state index contributed by atoms with van der Waals surface area (Å²) in [4.78, 5) is 20.4. The third-order valence-corrected chi connectivity index (χ3v) is 6.31. The molecule has 1 amide bonds. The van der Waals surface area contributed by atoms with Crippen molar-refractivity contribution in [3.05, 3.63) is 53.5 Å². The Kier molecular flexibility index (Phi) is 6.06. The second kappa shape index (κ2) is 9.18. The monoisotopic (exact) mass is 484 g/mol. The Morgan fingerprint density at radius 2 is 2.14 bits per heavy atom. The average Bonchev–Trinajstić information content (AvgIpc) is 3.18. The average molecular weight is 485 g/mol. The topological polar surface area (TPSA) is 97.5 Å². The first-order valence-corrected chi connectivity index (χ1v) is 11.4. The molecule has 2 aromatic heterocycles. The highest BCUT2D eigenvalue weighted by Gasteiger charge is 2.35. The summed E-state index contributed by atoms with van der Waals surface area (Å²) >= 11 is 0. The third-order valence-electron chi connectivity index (χ3n) is 6.31. The Morgan fingerprint density at radius 1 is 1.31 bits per heavy atom. The summed E-state index contributed by atoms with van der Waals surface area (Å²) in [5, 5.41) is 6.05. The molecule has 1 aromatic carbocycles. The summed E-state index contributed by atoms with van der Waals surface area (Å²) in [7, 11) is 0. The molecule has 184 valence electrons. The van der Waals surface area contributed by atoms with Gasteiger partial charge in [0.2, 0.25) is 0 Å². The number of alkyl halides is 2. The number of nitrogens with zero attached hydrogens (tertiary/aromatic N) is 1. The molecule has 2 aliphatic heterocycles. The minimum Gasteiger partial charge on any atom is -0.488 e. The van der Waals surface area contributed by atoms with E-state index in [1.165, 1.54) is 0 Å². The number of carbonyl (C=O) groups is 1. The van der Waals surface area contributed by atoms with Gasteiger partial charge in [0.15, 0.2) is 5.75 Å². The van der Waals surface area contributed by atoms with Crippen molar-refractivity contribution >= 4 is 17.3 Å². The molecule has 0 aliphatic carbocycles. The fourth-order valence-corrected chi connectivity index (χ4v) is 4.33. The predicted octanol–water partition coefficient (Wildman–Crippen LogP) is 4.57. The number of carbonyl (C=O) groups excluding carboxylic acids is 1. The van der Waals surface area contributed by atoms with Gasteiger partial charge >= 0.3 is 6.61 Å². The highest BCUT2D eigenvalue weighted by Crippen LogP contribution is 2.42. The van der Waals surface area contributed by atoms with E-state index in [-0.39, 0.29) is 17.3 Å². The quantitative estimate of drug-likeness (QED) is 0.433. The lowest BCUT2D eigenvalue weighted by atomic mass is 9.99. The number of fused-ring (bicyclic) bond motifs is 1. The van der Waals surface area contributed by atoms with Crippen LogP contribution >= 0.6 is 0 Å². The number of ether oxygens (including phenoxy) is 3. The molecule has 1 atom stereocenters. The molecule has 4 heterocycles. The number of pyridine rings is 1. The summed E-state index contributed by atoms with van der Waals surface area (Å²) < 4.78 is 42.8. The molecule has 0 saturated carbocycles. The van der Waals surface area contributed by atoms with Gasteiger partial charge in [-0.1, -0.05) is 12.1 Å². The Morgan fingerprint density at radius 3 is 2.89 bits per heavy atom. The minimum absolute atomic E-state index is 0.0147. The zero-order valence-corrected chi connectivity index (χ0v) is 19.4. The molecular weight excluding hydrogens is 458 g/mol. The normalized spacial score (nSPS) is 19.1. The highest BCUT2D eigenvalue weighted by molar-refractivity contribution is 6.06. The number of nitrogens with one attached hydrogen (secondary N) is 3. The predicted molar refractivity (Wildman–Crippen MR) is 126 cm³/mol. The summed E-state index contributed by atoms with van der Waals surface area (Å²) in [6.45, 7) is 2.21. The fraction of sp³-hybridized carbons (Fsp3) is 0.360. The summed E-state index contributed by atoms with van der Waals surface area (Å²) in [6, 6.07) is 6.83.